The Morgan fingerprint density at radius 3 is 2.73 bits per heavy atom. The fourth-order valence-corrected chi connectivity index (χ4v) is 3.83. The normalized spacial score (nSPS) is 15.2. The number of nitrogens with zero attached hydrogens (tertiary/aromatic N) is 3. The second-order valence-electron chi connectivity index (χ2n) is 5.77. The second-order valence-corrected chi connectivity index (χ2v) is 6.83. The molecule has 1 aliphatic carbocycles. The number of aliphatic imine (C=N–C) groups is 1. The summed E-state index contributed by atoms with van der Waals surface area (Å²) in [5.41, 5.74) is 1.28. The third-order valence-corrected chi connectivity index (χ3v) is 4.85. The van der Waals surface area contributed by atoms with Gasteiger partial charge in [0.2, 0.25) is 6.34 Å². The van der Waals surface area contributed by atoms with Crippen LogP contribution in [0.3, 0.4) is 0 Å². The minimum Gasteiger partial charge on any atom is -0.463 e. The molecule has 1 heterocycles. The number of carbonyl (C=O) groups excluding carboxylic acids is 1. The van der Waals surface area contributed by atoms with E-state index >= 15 is 0 Å². The van der Waals surface area contributed by atoms with Gasteiger partial charge in [-0.2, -0.15) is 0 Å². The molecule has 0 amide bonds. The molecule has 5 nitrogen and oxygen atoms in total. The van der Waals surface area contributed by atoms with Crippen LogP contribution in [0.5, 0.6) is 0 Å². The van der Waals surface area contributed by atoms with E-state index in [-0.39, 0.29) is 12.5 Å². The topological polar surface area (TPSA) is 45.8 Å². The van der Waals surface area contributed by atoms with Gasteiger partial charge in [0.15, 0.2) is 6.54 Å². The SMILES string of the molecule is CCOC(=O)C[n+]1c(/N=C/N(C)C)sc2c1CCCCCC2. The first-order chi connectivity index (χ1) is 10.6. The van der Waals surface area contributed by atoms with Gasteiger partial charge in [0, 0.05) is 20.5 Å². The maximum atomic E-state index is 11.9. The summed E-state index contributed by atoms with van der Waals surface area (Å²) in [6.45, 7) is 2.52. The molecular formula is C16H26N3O2S+. The van der Waals surface area contributed by atoms with Crippen molar-refractivity contribution in [3.63, 3.8) is 0 Å². The van der Waals surface area contributed by atoms with Crippen LogP contribution >= 0.6 is 11.3 Å². The molecule has 0 N–H and O–H groups in total. The predicted molar refractivity (Wildman–Crippen MR) is 88.9 cm³/mol. The number of thiazole rings is 1. The van der Waals surface area contributed by atoms with Crippen molar-refractivity contribution in [2.24, 2.45) is 4.99 Å². The highest BCUT2D eigenvalue weighted by Crippen LogP contribution is 2.28. The molecule has 0 aliphatic heterocycles. The Bertz CT molecular complexity index is 538. The molecule has 1 aromatic heterocycles. The van der Waals surface area contributed by atoms with Gasteiger partial charge in [-0.3, -0.25) is 0 Å². The van der Waals surface area contributed by atoms with Crippen molar-refractivity contribution in [3.8, 4) is 0 Å². The highest BCUT2D eigenvalue weighted by Gasteiger charge is 2.26. The van der Waals surface area contributed by atoms with Crippen molar-refractivity contribution in [1.82, 2.24) is 4.90 Å². The Morgan fingerprint density at radius 2 is 2.05 bits per heavy atom. The maximum absolute atomic E-state index is 11.9. The number of carbonyl (C=O) groups is 1. The molecule has 1 aliphatic rings. The van der Waals surface area contributed by atoms with Gasteiger partial charge < -0.3 is 9.64 Å². The van der Waals surface area contributed by atoms with Crippen LogP contribution in [0.15, 0.2) is 4.99 Å². The van der Waals surface area contributed by atoms with Gasteiger partial charge in [-0.15, -0.1) is 0 Å². The Balaban J connectivity index is 2.33. The second kappa shape index (κ2) is 8.27. The summed E-state index contributed by atoms with van der Waals surface area (Å²) in [7, 11) is 3.89. The molecule has 0 bridgehead atoms. The Hall–Kier alpha value is -1.43. The quantitative estimate of drug-likeness (QED) is 0.362. The molecular weight excluding hydrogens is 298 g/mol. The van der Waals surface area contributed by atoms with Crippen LogP contribution < -0.4 is 4.57 Å². The molecule has 0 fully saturated rings. The number of hydrogen-bond acceptors (Lipinski definition) is 4. The number of aryl methyl sites for hydroxylation is 1. The van der Waals surface area contributed by atoms with Crippen LogP contribution in [0.25, 0.3) is 0 Å². The number of ether oxygens (including phenoxy) is 1. The van der Waals surface area contributed by atoms with Crippen LogP contribution in [0, 0.1) is 0 Å². The van der Waals surface area contributed by atoms with E-state index in [0.29, 0.717) is 6.61 Å². The summed E-state index contributed by atoms with van der Waals surface area (Å²) in [6.07, 6.45) is 8.90. The van der Waals surface area contributed by atoms with Gasteiger partial charge in [0.05, 0.1) is 11.5 Å². The Kier molecular flexibility index (Phi) is 6.36. The molecule has 122 valence electrons. The lowest BCUT2D eigenvalue weighted by molar-refractivity contribution is -0.676. The summed E-state index contributed by atoms with van der Waals surface area (Å²) >= 11 is 1.72. The number of fused-ring (bicyclic) bond motifs is 1. The standard InChI is InChI=1S/C16H26N3O2S/c1-4-21-15(20)11-19-13-9-7-5-6-8-10-14(13)22-16(19)17-12-18(2)3/h12H,4-11H2,1-3H3/q+1. The monoisotopic (exact) mass is 324 g/mol. The van der Waals surface area contributed by atoms with E-state index in [1.54, 1.807) is 17.7 Å². The third kappa shape index (κ3) is 4.53. The molecule has 0 saturated heterocycles. The first-order valence-corrected chi connectivity index (χ1v) is 8.84. The molecule has 0 aromatic carbocycles. The van der Waals surface area contributed by atoms with Crippen molar-refractivity contribution in [3.05, 3.63) is 10.6 Å². The molecule has 0 saturated carbocycles. The maximum Gasteiger partial charge on any atom is 0.384 e. The van der Waals surface area contributed by atoms with Crippen molar-refractivity contribution >= 4 is 28.8 Å². The predicted octanol–water partition coefficient (Wildman–Crippen LogP) is 2.48. The lowest BCUT2D eigenvalue weighted by atomic mass is 10.0. The first-order valence-electron chi connectivity index (χ1n) is 8.02. The van der Waals surface area contributed by atoms with E-state index in [0.717, 1.165) is 18.0 Å². The van der Waals surface area contributed by atoms with Crippen molar-refractivity contribution in [2.45, 2.75) is 52.0 Å². The fraction of sp³-hybridized carbons (Fsp3) is 0.688. The van der Waals surface area contributed by atoms with Crippen molar-refractivity contribution in [1.29, 1.82) is 0 Å². The first kappa shape index (κ1) is 16.9. The van der Waals surface area contributed by atoms with Crippen molar-refractivity contribution in [2.75, 3.05) is 20.7 Å². The van der Waals surface area contributed by atoms with Crippen LogP contribution in [-0.2, 0) is 28.9 Å². The van der Waals surface area contributed by atoms with Crippen LogP contribution in [0.1, 0.15) is 43.2 Å². The lowest BCUT2D eigenvalue weighted by Crippen LogP contribution is -2.41. The number of aromatic nitrogens is 1. The van der Waals surface area contributed by atoms with Gasteiger partial charge in [-0.1, -0.05) is 12.8 Å². The average molecular weight is 324 g/mol. The summed E-state index contributed by atoms with van der Waals surface area (Å²) < 4.78 is 7.18. The van der Waals surface area contributed by atoms with Crippen LogP contribution in [-0.4, -0.2) is 37.9 Å². The zero-order valence-corrected chi connectivity index (χ0v) is 14.6. The number of rotatable bonds is 5. The van der Waals surface area contributed by atoms with E-state index in [1.165, 1.54) is 36.3 Å². The molecule has 1 aromatic rings. The molecule has 0 radical (unpaired) electrons. The summed E-state index contributed by atoms with van der Waals surface area (Å²) in [4.78, 5) is 19.8. The van der Waals surface area contributed by atoms with Gasteiger partial charge in [-0.25, -0.2) is 9.36 Å². The largest absolute Gasteiger partial charge is 0.463 e. The van der Waals surface area contributed by atoms with Crippen LogP contribution in [0.4, 0.5) is 5.13 Å². The summed E-state index contributed by atoms with van der Waals surface area (Å²) in [5.74, 6) is -0.184. The minimum absolute atomic E-state index is 0.184. The van der Waals surface area contributed by atoms with Gasteiger partial charge >= 0.3 is 11.1 Å². The molecule has 2 rings (SSSR count). The zero-order chi connectivity index (χ0) is 15.9. The van der Waals surface area contributed by atoms with E-state index in [1.807, 2.05) is 25.9 Å². The summed E-state index contributed by atoms with van der Waals surface area (Å²) in [6, 6.07) is 0. The number of hydrogen-bond donors (Lipinski definition) is 0. The highest BCUT2D eigenvalue weighted by atomic mass is 32.1. The van der Waals surface area contributed by atoms with Gasteiger partial charge in [0.25, 0.3) is 0 Å². The zero-order valence-electron chi connectivity index (χ0n) is 13.8. The third-order valence-electron chi connectivity index (χ3n) is 3.65. The highest BCUT2D eigenvalue weighted by molar-refractivity contribution is 7.15. The van der Waals surface area contributed by atoms with Crippen LogP contribution in [0.2, 0.25) is 0 Å². The van der Waals surface area contributed by atoms with Gasteiger partial charge in [-0.05, 0) is 42.5 Å². The van der Waals surface area contributed by atoms with Crippen molar-refractivity contribution < 1.29 is 14.1 Å². The molecule has 6 heteroatoms. The Morgan fingerprint density at radius 1 is 1.32 bits per heavy atom. The van der Waals surface area contributed by atoms with E-state index in [9.17, 15) is 4.79 Å². The number of esters is 1. The minimum atomic E-state index is -0.184. The Labute approximate surface area is 136 Å². The molecule has 0 spiro atoms. The average Bonchev–Trinajstić information content (AvgIpc) is 2.73. The fourth-order valence-electron chi connectivity index (χ4n) is 2.65. The molecule has 22 heavy (non-hydrogen) atoms. The van der Waals surface area contributed by atoms with E-state index in [4.69, 9.17) is 4.74 Å². The molecule has 0 unspecified atom stereocenters. The smallest absolute Gasteiger partial charge is 0.384 e. The van der Waals surface area contributed by atoms with Gasteiger partial charge in [0.1, 0.15) is 5.69 Å². The molecule has 0 atom stereocenters. The lowest BCUT2D eigenvalue weighted by Gasteiger charge is -2.09. The van der Waals surface area contributed by atoms with E-state index < -0.39 is 0 Å². The summed E-state index contributed by atoms with van der Waals surface area (Å²) in [5, 5.41) is 0.897. The van der Waals surface area contributed by atoms with E-state index in [2.05, 4.69) is 9.56 Å².